The maximum atomic E-state index is 13.2. The molecule has 2 heterocycles. The molecule has 3 N–H and O–H groups in total. The molecule has 3 aromatic rings. The monoisotopic (exact) mass is 559 g/mol. The number of anilines is 2. The lowest BCUT2D eigenvalue weighted by atomic mass is 10.1. The number of carbonyl (C=O) groups excluding carboxylic acids is 2. The Morgan fingerprint density at radius 3 is 2.24 bits per heavy atom. The van der Waals surface area contributed by atoms with Crippen molar-refractivity contribution >= 4 is 61.4 Å². The highest BCUT2D eigenvalue weighted by Gasteiger charge is 2.24. The summed E-state index contributed by atoms with van der Waals surface area (Å²) in [5, 5.41) is 8.77. The van der Waals surface area contributed by atoms with E-state index in [2.05, 4.69) is 20.3 Å². The molecule has 1 fully saturated rings. The van der Waals surface area contributed by atoms with Gasteiger partial charge in [-0.05, 0) is 54.8 Å². The molecule has 1 unspecified atom stereocenters. The Kier molecular flexibility index (Phi) is 8.47. The first kappa shape index (κ1) is 26.6. The van der Waals surface area contributed by atoms with Gasteiger partial charge in [0.25, 0.3) is 15.9 Å². The lowest BCUT2D eigenvalue weighted by molar-refractivity contribution is -0.118. The third kappa shape index (κ3) is 7.54. The van der Waals surface area contributed by atoms with Crippen molar-refractivity contribution in [3.8, 4) is 0 Å². The Bertz CT molecular complexity index is 1390. The van der Waals surface area contributed by atoms with E-state index in [0.717, 1.165) is 32.2 Å². The topological polar surface area (TPSA) is 120 Å². The van der Waals surface area contributed by atoms with Gasteiger partial charge in [-0.25, -0.2) is 13.2 Å². The number of thiophene rings is 1. The Labute approximate surface area is 224 Å². The molecule has 0 spiro atoms. The minimum atomic E-state index is -3.59. The van der Waals surface area contributed by atoms with Crippen LogP contribution in [-0.4, -0.2) is 50.4 Å². The molecule has 0 aliphatic carbocycles. The molecule has 37 heavy (non-hydrogen) atoms. The number of urea groups is 1. The number of likely N-dealkylation sites (tertiary alicyclic amines) is 1. The molecule has 12 heteroatoms. The van der Waals surface area contributed by atoms with Crippen molar-refractivity contribution < 1.29 is 18.0 Å². The normalized spacial score (nSPS) is 14.8. The summed E-state index contributed by atoms with van der Waals surface area (Å²) in [5.41, 5.74) is 1.73. The van der Waals surface area contributed by atoms with Gasteiger partial charge in [-0.2, -0.15) is 0 Å². The van der Waals surface area contributed by atoms with Crippen LogP contribution in [0.5, 0.6) is 0 Å². The number of carbonyl (C=O) groups is 2. The summed E-state index contributed by atoms with van der Waals surface area (Å²) < 4.78 is 28.3. The number of sulfonamides is 1. The SMILES string of the molecule is CS(=O)(=O)/N=C(/c1ccc(NC(=O)C(NC(=O)Nc2ccc(Cl)s2)c2ccccc2)cc1)N1CCCC1. The van der Waals surface area contributed by atoms with E-state index < -0.39 is 28.0 Å². The molecule has 0 bridgehead atoms. The fraction of sp³-hybridized carbons (Fsp3) is 0.240. The number of benzene rings is 2. The Morgan fingerprint density at radius 2 is 1.65 bits per heavy atom. The number of halogens is 1. The van der Waals surface area contributed by atoms with Crippen molar-refractivity contribution in [1.82, 2.24) is 10.2 Å². The summed E-state index contributed by atoms with van der Waals surface area (Å²) in [5.74, 6) is -0.0464. The molecule has 1 aromatic heterocycles. The molecule has 9 nitrogen and oxygen atoms in total. The van der Waals surface area contributed by atoms with E-state index >= 15 is 0 Å². The van der Waals surface area contributed by atoms with E-state index in [0.29, 0.717) is 32.0 Å². The van der Waals surface area contributed by atoms with E-state index in [1.54, 1.807) is 60.7 Å². The van der Waals surface area contributed by atoms with Crippen LogP contribution in [0.25, 0.3) is 0 Å². The third-order valence-corrected chi connectivity index (χ3v) is 7.20. The smallest absolute Gasteiger partial charge is 0.320 e. The minimum Gasteiger partial charge on any atom is -0.355 e. The summed E-state index contributed by atoms with van der Waals surface area (Å²) in [4.78, 5) is 27.8. The quantitative estimate of drug-likeness (QED) is 0.286. The highest BCUT2D eigenvalue weighted by molar-refractivity contribution is 7.89. The van der Waals surface area contributed by atoms with Gasteiger partial charge in [-0.3, -0.25) is 10.1 Å². The zero-order chi connectivity index (χ0) is 26.4. The number of rotatable bonds is 7. The largest absolute Gasteiger partial charge is 0.355 e. The van der Waals surface area contributed by atoms with Gasteiger partial charge in [0.15, 0.2) is 0 Å². The van der Waals surface area contributed by atoms with Crippen LogP contribution in [0.1, 0.15) is 30.0 Å². The summed E-state index contributed by atoms with van der Waals surface area (Å²) in [6.45, 7) is 1.47. The van der Waals surface area contributed by atoms with E-state index in [-0.39, 0.29) is 0 Å². The molecule has 1 aliphatic rings. The predicted octanol–water partition coefficient (Wildman–Crippen LogP) is 4.71. The minimum absolute atomic E-state index is 0.395. The molecule has 1 saturated heterocycles. The maximum absolute atomic E-state index is 13.2. The van der Waals surface area contributed by atoms with Crippen molar-refractivity contribution in [1.29, 1.82) is 0 Å². The fourth-order valence-electron chi connectivity index (χ4n) is 3.90. The van der Waals surface area contributed by atoms with E-state index in [1.807, 2.05) is 11.0 Å². The molecule has 3 amide bonds. The van der Waals surface area contributed by atoms with Gasteiger partial charge < -0.3 is 15.5 Å². The zero-order valence-corrected chi connectivity index (χ0v) is 22.4. The summed E-state index contributed by atoms with van der Waals surface area (Å²) >= 11 is 7.14. The average Bonchev–Trinajstić information content (AvgIpc) is 3.53. The number of hydrogen-bond acceptors (Lipinski definition) is 5. The molecule has 0 saturated carbocycles. The Morgan fingerprint density at radius 1 is 0.973 bits per heavy atom. The number of amidine groups is 1. The van der Waals surface area contributed by atoms with Crippen LogP contribution in [0.2, 0.25) is 4.34 Å². The van der Waals surface area contributed by atoms with Crippen LogP contribution in [0.15, 0.2) is 71.1 Å². The fourth-order valence-corrected chi connectivity index (χ4v) is 5.38. The summed E-state index contributed by atoms with van der Waals surface area (Å²) in [6.07, 6.45) is 3.01. The lowest BCUT2D eigenvalue weighted by Gasteiger charge is -2.21. The van der Waals surface area contributed by atoms with Crippen LogP contribution in [0.4, 0.5) is 15.5 Å². The average molecular weight is 560 g/mol. The van der Waals surface area contributed by atoms with Crippen LogP contribution in [0.3, 0.4) is 0 Å². The van der Waals surface area contributed by atoms with Crippen LogP contribution < -0.4 is 16.0 Å². The van der Waals surface area contributed by atoms with Gasteiger partial charge in [0.2, 0.25) is 0 Å². The zero-order valence-electron chi connectivity index (χ0n) is 20.0. The predicted molar refractivity (Wildman–Crippen MR) is 148 cm³/mol. The molecule has 1 aliphatic heterocycles. The maximum Gasteiger partial charge on any atom is 0.320 e. The molecule has 2 aromatic carbocycles. The summed E-state index contributed by atoms with van der Waals surface area (Å²) in [6, 6.07) is 17.5. The molecule has 1 atom stereocenters. The molecule has 4 rings (SSSR count). The second-order valence-electron chi connectivity index (χ2n) is 8.45. The van der Waals surface area contributed by atoms with Crippen LogP contribution in [-0.2, 0) is 14.8 Å². The van der Waals surface area contributed by atoms with Gasteiger partial charge in [0, 0.05) is 24.3 Å². The molecular weight excluding hydrogens is 534 g/mol. The number of hydrogen-bond donors (Lipinski definition) is 3. The molecular formula is C25H26ClN5O4S2. The van der Waals surface area contributed by atoms with Gasteiger partial charge in [0.1, 0.15) is 11.9 Å². The van der Waals surface area contributed by atoms with E-state index in [4.69, 9.17) is 11.6 Å². The Balaban J connectivity index is 1.51. The highest BCUT2D eigenvalue weighted by Crippen LogP contribution is 2.26. The van der Waals surface area contributed by atoms with Crippen molar-refractivity contribution in [3.63, 3.8) is 0 Å². The second-order valence-corrected chi connectivity index (χ2v) is 11.8. The van der Waals surface area contributed by atoms with Crippen molar-refractivity contribution in [2.24, 2.45) is 4.40 Å². The molecule has 0 radical (unpaired) electrons. The van der Waals surface area contributed by atoms with Gasteiger partial charge in [-0.15, -0.1) is 15.7 Å². The van der Waals surface area contributed by atoms with Crippen molar-refractivity contribution in [2.45, 2.75) is 18.9 Å². The summed E-state index contributed by atoms with van der Waals surface area (Å²) in [7, 11) is -3.59. The Hall–Kier alpha value is -3.41. The first-order valence-electron chi connectivity index (χ1n) is 11.5. The first-order valence-corrected chi connectivity index (χ1v) is 14.6. The highest BCUT2D eigenvalue weighted by atomic mass is 35.5. The molecule has 194 valence electrons. The lowest BCUT2D eigenvalue weighted by Crippen LogP contribution is -2.39. The number of amides is 3. The van der Waals surface area contributed by atoms with Gasteiger partial charge in [-0.1, -0.05) is 41.9 Å². The standard InChI is InChI=1S/C25H26ClN5O4S2/c1-37(34,35)30-23(31-15-5-6-16-31)18-9-11-19(12-10-18)27-24(32)22(17-7-3-2-4-8-17)29-25(33)28-21-14-13-20(26)36-21/h2-4,7-14,22H,5-6,15-16H2,1H3,(H,27,32)(H2,28,29,33)/b30-23-. The van der Waals surface area contributed by atoms with Crippen LogP contribution in [0, 0.1) is 0 Å². The van der Waals surface area contributed by atoms with Crippen molar-refractivity contribution in [3.05, 3.63) is 82.2 Å². The van der Waals surface area contributed by atoms with Gasteiger partial charge >= 0.3 is 6.03 Å². The second kappa shape index (κ2) is 11.8. The third-order valence-electron chi connectivity index (χ3n) is 5.55. The van der Waals surface area contributed by atoms with E-state index in [9.17, 15) is 18.0 Å². The van der Waals surface area contributed by atoms with Crippen LogP contribution >= 0.6 is 22.9 Å². The van der Waals surface area contributed by atoms with E-state index in [1.165, 1.54) is 11.3 Å². The number of nitrogens with zero attached hydrogens (tertiary/aromatic N) is 2. The van der Waals surface area contributed by atoms with Crippen molar-refractivity contribution in [2.75, 3.05) is 30.0 Å². The first-order chi connectivity index (χ1) is 17.7. The number of nitrogens with one attached hydrogen (secondary N) is 3. The van der Waals surface area contributed by atoms with Gasteiger partial charge in [0.05, 0.1) is 15.6 Å².